The van der Waals surface area contributed by atoms with E-state index in [1.54, 1.807) is 4.57 Å². The molecule has 0 aliphatic carbocycles. The van der Waals surface area contributed by atoms with Crippen LogP contribution in [0.3, 0.4) is 0 Å². The largest absolute Gasteiger partial charge is 0.399 e. The van der Waals surface area contributed by atoms with Crippen LogP contribution in [0.25, 0.3) is 10.2 Å². The quantitative estimate of drug-likeness (QED) is 0.702. The number of aryl methyl sites for hydroxylation is 1. The van der Waals surface area contributed by atoms with Gasteiger partial charge in [0.1, 0.15) is 0 Å². The molecule has 0 bridgehead atoms. The summed E-state index contributed by atoms with van der Waals surface area (Å²) in [7, 11) is 0. The molecule has 4 heteroatoms. The molecule has 2 rings (SSSR count). The molecule has 1 aromatic heterocycles. The van der Waals surface area contributed by atoms with Crippen molar-refractivity contribution in [3.05, 3.63) is 27.9 Å². The lowest BCUT2D eigenvalue weighted by atomic mass is 10.3. The Morgan fingerprint density at radius 1 is 1.54 bits per heavy atom. The summed E-state index contributed by atoms with van der Waals surface area (Å²) in [6.07, 6.45) is 0. The third-order valence-electron chi connectivity index (χ3n) is 2.01. The smallest absolute Gasteiger partial charge is 0.308 e. The van der Waals surface area contributed by atoms with E-state index in [0.29, 0.717) is 12.2 Å². The van der Waals surface area contributed by atoms with Gasteiger partial charge in [0.25, 0.3) is 0 Å². The van der Waals surface area contributed by atoms with Crippen molar-refractivity contribution in [3.8, 4) is 0 Å². The number of fused-ring (bicyclic) bond motifs is 1. The van der Waals surface area contributed by atoms with Gasteiger partial charge in [-0.3, -0.25) is 9.36 Å². The number of nitrogen functional groups attached to an aromatic ring is 1. The van der Waals surface area contributed by atoms with E-state index < -0.39 is 0 Å². The molecular formula is C9H10N2OS. The monoisotopic (exact) mass is 194 g/mol. The molecule has 2 aromatic rings. The molecule has 0 saturated heterocycles. The van der Waals surface area contributed by atoms with E-state index in [-0.39, 0.29) is 4.87 Å². The number of thiazole rings is 1. The first-order valence-electron chi connectivity index (χ1n) is 4.11. The Kier molecular flexibility index (Phi) is 1.84. The molecule has 3 nitrogen and oxygen atoms in total. The molecule has 68 valence electrons. The van der Waals surface area contributed by atoms with E-state index in [2.05, 4.69) is 0 Å². The fourth-order valence-electron chi connectivity index (χ4n) is 1.38. The van der Waals surface area contributed by atoms with Crippen LogP contribution in [0.2, 0.25) is 0 Å². The summed E-state index contributed by atoms with van der Waals surface area (Å²) in [5.41, 5.74) is 7.30. The molecule has 0 aliphatic rings. The number of nitrogens with zero attached hydrogens (tertiary/aromatic N) is 1. The van der Waals surface area contributed by atoms with Crippen molar-refractivity contribution < 1.29 is 0 Å². The van der Waals surface area contributed by atoms with Crippen LogP contribution < -0.4 is 10.6 Å². The minimum Gasteiger partial charge on any atom is -0.399 e. The molecule has 0 spiro atoms. The van der Waals surface area contributed by atoms with Crippen LogP contribution in [-0.4, -0.2) is 4.57 Å². The standard InChI is InChI=1S/C9H10N2OS/c1-2-11-7-4-3-6(10)5-8(7)13-9(11)12/h3-5H,2,10H2,1H3. The maximum Gasteiger partial charge on any atom is 0.308 e. The van der Waals surface area contributed by atoms with E-state index in [1.807, 2.05) is 25.1 Å². The van der Waals surface area contributed by atoms with Gasteiger partial charge in [-0.2, -0.15) is 0 Å². The van der Waals surface area contributed by atoms with E-state index in [0.717, 1.165) is 10.2 Å². The van der Waals surface area contributed by atoms with Gasteiger partial charge in [-0.15, -0.1) is 0 Å². The molecular weight excluding hydrogens is 184 g/mol. The van der Waals surface area contributed by atoms with Gasteiger partial charge in [0.05, 0.1) is 10.2 Å². The Morgan fingerprint density at radius 2 is 2.31 bits per heavy atom. The summed E-state index contributed by atoms with van der Waals surface area (Å²) >= 11 is 1.24. The van der Waals surface area contributed by atoms with E-state index >= 15 is 0 Å². The van der Waals surface area contributed by atoms with Crippen LogP contribution in [0.15, 0.2) is 23.0 Å². The molecule has 0 saturated carbocycles. The van der Waals surface area contributed by atoms with Crippen molar-refractivity contribution in [3.63, 3.8) is 0 Å². The van der Waals surface area contributed by atoms with Gasteiger partial charge in [0, 0.05) is 12.2 Å². The van der Waals surface area contributed by atoms with Crippen molar-refractivity contribution >= 4 is 27.2 Å². The number of benzene rings is 1. The topological polar surface area (TPSA) is 48.0 Å². The first-order valence-corrected chi connectivity index (χ1v) is 4.93. The van der Waals surface area contributed by atoms with Gasteiger partial charge in [0.2, 0.25) is 0 Å². The number of hydrogen-bond acceptors (Lipinski definition) is 3. The lowest BCUT2D eigenvalue weighted by molar-refractivity contribution is 0.778. The molecule has 0 unspecified atom stereocenters. The molecule has 2 N–H and O–H groups in total. The molecule has 0 aliphatic heterocycles. The second-order valence-corrected chi connectivity index (χ2v) is 3.83. The highest BCUT2D eigenvalue weighted by Gasteiger charge is 2.04. The second kappa shape index (κ2) is 2.88. The third kappa shape index (κ3) is 1.23. The number of hydrogen-bond donors (Lipinski definition) is 1. The van der Waals surface area contributed by atoms with Gasteiger partial charge >= 0.3 is 4.87 Å². The SMILES string of the molecule is CCn1c(=O)sc2cc(N)ccc21. The minimum atomic E-state index is 0.0862. The van der Waals surface area contributed by atoms with Crippen LogP contribution in [0.1, 0.15) is 6.92 Å². The lowest BCUT2D eigenvalue weighted by Crippen LogP contribution is -2.10. The molecule has 1 heterocycles. The Morgan fingerprint density at radius 3 is 3.00 bits per heavy atom. The van der Waals surface area contributed by atoms with Crippen LogP contribution >= 0.6 is 11.3 Å². The first-order chi connectivity index (χ1) is 6.22. The highest BCUT2D eigenvalue weighted by atomic mass is 32.1. The normalized spacial score (nSPS) is 10.8. The minimum absolute atomic E-state index is 0.0862. The maximum atomic E-state index is 11.4. The van der Waals surface area contributed by atoms with E-state index in [9.17, 15) is 4.79 Å². The zero-order valence-corrected chi connectivity index (χ0v) is 8.10. The second-order valence-electron chi connectivity index (χ2n) is 2.84. The Balaban J connectivity index is 2.87. The molecule has 0 amide bonds. The highest BCUT2D eigenvalue weighted by molar-refractivity contribution is 7.16. The third-order valence-corrected chi connectivity index (χ3v) is 2.95. The number of rotatable bonds is 1. The molecule has 1 aromatic carbocycles. The average molecular weight is 194 g/mol. The van der Waals surface area contributed by atoms with Gasteiger partial charge in [-0.1, -0.05) is 11.3 Å². The van der Waals surface area contributed by atoms with Crippen LogP contribution in [0.5, 0.6) is 0 Å². The Bertz CT molecular complexity index is 498. The van der Waals surface area contributed by atoms with Crippen molar-refractivity contribution in [1.82, 2.24) is 4.57 Å². The summed E-state index contributed by atoms with van der Waals surface area (Å²) in [6, 6.07) is 5.56. The summed E-state index contributed by atoms with van der Waals surface area (Å²) in [4.78, 5) is 11.5. The highest BCUT2D eigenvalue weighted by Crippen LogP contribution is 2.19. The van der Waals surface area contributed by atoms with E-state index in [1.165, 1.54) is 11.3 Å². The van der Waals surface area contributed by atoms with Gasteiger partial charge < -0.3 is 5.73 Å². The Labute approximate surface area is 79.4 Å². The van der Waals surface area contributed by atoms with Crippen molar-refractivity contribution in [2.45, 2.75) is 13.5 Å². The Hall–Kier alpha value is -1.29. The number of nitrogens with two attached hydrogens (primary N) is 1. The zero-order chi connectivity index (χ0) is 9.42. The van der Waals surface area contributed by atoms with Crippen molar-refractivity contribution in [2.24, 2.45) is 0 Å². The summed E-state index contributed by atoms with van der Waals surface area (Å²) < 4.78 is 2.71. The summed E-state index contributed by atoms with van der Waals surface area (Å²) in [5, 5.41) is 0. The van der Waals surface area contributed by atoms with Gasteiger partial charge in [-0.25, -0.2) is 0 Å². The van der Waals surface area contributed by atoms with Gasteiger partial charge in [-0.05, 0) is 25.1 Å². The van der Waals surface area contributed by atoms with Crippen molar-refractivity contribution in [2.75, 3.05) is 5.73 Å². The first kappa shape index (κ1) is 8.31. The fourth-order valence-corrected chi connectivity index (χ4v) is 2.39. The summed E-state index contributed by atoms with van der Waals surface area (Å²) in [5.74, 6) is 0. The molecule has 0 atom stereocenters. The fraction of sp³-hybridized carbons (Fsp3) is 0.222. The van der Waals surface area contributed by atoms with E-state index in [4.69, 9.17) is 5.73 Å². The van der Waals surface area contributed by atoms with Crippen LogP contribution in [0, 0.1) is 0 Å². The van der Waals surface area contributed by atoms with Crippen molar-refractivity contribution in [1.29, 1.82) is 0 Å². The molecule has 0 radical (unpaired) electrons. The molecule has 0 fully saturated rings. The van der Waals surface area contributed by atoms with Crippen LogP contribution in [-0.2, 0) is 6.54 Å². The number of anilines is 1. The zero-order valence-electron chi connectivity index (χ0n) is 7.28. The predicted octanol–water partition coefficient (Wildman–Crippen LogP) is 1.67. The maximum absolute atomic E-state index is 11.4. The average Bonchev–Trinajstić information content (AvgIpc) is 2.39. The van der Waals surface area contributed by atoms with Crippen LogP contribution in [0.4, 0.5) is 5.69 Å². The number of aromatic nitrogens is 1. The summed E-state index contributed by atoms with van der Waals surface area (Å²) in [6.45, 7) is 2.67. The predicted molar refractivity (Wildman–Crippen MR) is 56.2 cm³/mol. The van der Waals surface area contributed by atoms with Gasteiger partial charge in [0.15, 0.2) is 0 Å². The lowest BCUT2D eigenvalue weighted by Gasteiger charge is -1.97. The molecule has 13 heavy (non-hydrogen) atoms.